The average Bonchev–Trinajstić information content (AvgIpc) is 3.11. The quantitative estimate of drug-likeness (QED) is 0.699. The van der Waals surface area contributed by atoms with Crippen molar-refractivity contribution >= 4 is 8.32 Å². The molecule has 0 saturated carbocycles. The number of ether oxygens (including phenoxy) is 4. The van der Waals surface area contributed by atoms with Gasteiger partial charge in [0.1, 0.15) is 12.2 Å². The van der Waals surface area contributed by atoms with Gasteiger partial charge in [-0.1, -0.05) is 20.8 Å². The largest absolute Gasteiger partial charge is 0.481 e. The zero-order valence-electron chi connectivity index (χ0n) is 19.2. The molecule has 29 heavy (non-hydrogen) atoms. The molecule has 3 heterocycles. The Hall–Kier alpha value is -1.19. The molecule has 0 spiro atoms. The van der Waals surface area contributed by atoms with Crippen LogP contribution in [0.2, 0.25) is 18.1 Å². The first-order valence-electron chi connectivity index (χ1n) is 10.2. The molecule has 2 aliphatic rings. The second-order valence-corrected chi connectivity index (χ2v) is 14.6. The normalized spacial score (nSPS) is 29.0. The monoisotopic (exact) mass is 424 g/mol. The highest BCUT2D eigenvalue weighted by atomic mass is 28.4. The van der Waals surface area contributed by atoms with Crippen molar-refractivity contribution in [2.45, 2.75) is 82.8 Å². The average molecular weight is 425 g/mol. The van der Waals surface area contributed by atoms with Gasteiger partial charge >= 0.3 is 0 Å². The molecule has 2 saturated heterocycles. The van der Waals surface area contributed by atoms with Crippen LogP contribution in [0.3, 0.4) is 0 Å². The predicted octanol–water partition coefficient (Wildman–Crippen LogP) is 3.65. The minimum atomic E-state index is -1.87. The first-order valence-corrected chi connectivity index (χ1v) is 13.1. The molecular weight excluding hydrogens is 388 g/mol. The molecular formula is C21H36N2O5Si. The van der Waals surface area contributed by atoms with Gasteiger partial charge in [0.25, 0.3) is 0 Å². The minimum Gasteiger partial charge on any atom is -0.481 e. The standard InChI is InChI=1S/C21H36N2O5Si/c1-20(2,3)29(8,9)26-12-14-17-18(28-21(4,5)27-17)16(22-14)13-10-11-15(24-6)23-19(13)25-7/h10-11,14,16-18,22H,12H2,1-9H3/t14-,16?,17-,18+/m1/s1. The van der Waals surface area contributed by atoms with Gasteiger partial charge in [-0.3, -0.25) is 0 Å². The highest BCUT2D eigenvalue weighted by Gasteiger charge is 2.55. The van der Waals surface area contributed by atoms with Gasteiger partial charge in [0.2, 0.25) is 11.8 Å². The van der Waals surface area contributed by atoms with E-state index in [1.807, 2.05) is 26.0 Å². The second kappa shape index (κ2) is 7.81. The summed E-state index contributed by atoms with van der Waals surface area (Å²) in [5.74, 6) is 0.402. The second-order valence-electron chi connectivity index (χ2n) is 9.84. The highest BCUT2D eigenvalue weighted by Crippen LogP contribution is 2.44. The molecule has 3 rings (SSSR count). The van der Waals surface area contributed by atoms with Crippen LogP contribution in [0, 0.1) is 0 Å². The summed E-state index contributed by atoms with van der Waals surface area (Å²) in [6, 6.07) is 3.73. The maximum Gasteiger partial charge on any atom is 0.221 e. The van der Waals surface area contributed by atoms with Gasteiger partial charge in [-0.25, -0.2) is 0 Å². The summed E-state index contributed by atoms with van der Waals surface area (Å²) in [6.45, 7) is 15.8. The Morgan fingerprint density at radius 2 is 1.76 bits per heavy atom. The number of rotatable bonds is 6. The summed E-state index contributed by atoms with van der Waals surface area (Å²) >= 11 is 0. The van der Waals surface area contributed by atoms with E-state index in [1.165, 1.54) is 0 Å². The molecule has 0 bridgehead atoms. The van der Waals surface area contributed by atoms with Crippen molar-refractivity contribution in [3.05, 3.63) is 17.7 Å². The highest BCUT2D eigenvalue weighted by molar-refractivity contribution is 6.74. The molecule has 0 radical (unpaired) electrons. The Labute approximate surface area is 175 Å². The maximum atomic E-state index is 6.51. The first-order chi connectivity index (χ1) is 13.4. The number of pyridine rings is 1. The summed E-state index contributed by atoms with van der Waals surface area (Å²) < 4.78 is 29.8. The Morgan fingerprint density at radius 1 is 1.10 bits per heavy atom. The number of fused-ring (bicyclic) bond motifs is 1. The van der Waals surface area contributed by atoms with Crippen molar-refractivity contribution in [2.75, 3.05) is 20.8 Å². The van der Waals surface area contributed by atoms with E-state index in [2.05, 4.69) is 44.2 Å². The number of hydrogen-bond acceptors (Lipinski definition) is 7. The molecule has 1 N–H and O–H groups in total. The van der Waals surface area contributed by atoms with Crippen LogP contribution in [0.5, 0.6) is 11.8 Å². The lowest BCUT2D eigenvalue weighted by molar-refractivity contribution is -0.157. The number of hydrogen-bond donors (Lipinski definition) is 1. The van der Waals surface area contributed by atoms with Crippen molar-refractivity contribution in [1.29, 1.82) is 0 Å². The molecule has 0 aromatic carbocycles. The summed E-state index contributed by atoms with van der Waals surface area (Å²) in [6.07, 6.45) is -0.256. The van der Waals surface area contributed by atoms with Gasteiger partial charge in [0, 0.05) is 11.6 Å². The smallest absolute Gasteiger partial charge is 0.221 e. The van der Waals surface area contributed by atoms with Crippen molar-refractivity contribution in [3.63, 3.8) is 0 Å². The van der Waals surface area contributed by atoms with Crippen molar-refractivity contribution in [3.8, 4) is 11.8 Å². The van der Waals surface area contributed by atoms with Crippen LogP contribution < -0.4 is 14.8 Å². The Morgan fingerprint density at radius 3 is 2.34 bits per heavy atom. The van der Waals surface area contributed by atoms with E-state index in [4.69, 9.17) is 23.4 Å². The fourth-order valence-electron chi connectivity index (χ4n) is 3.68. The zero-order valence-corrected chi connectivity index (χ0v) is 20.2. The van der Waals surface area contributed by atoms with Gasteiger partial charge in [0.05, 0.1) is 32.9 Å². The Balaban J connectivity index is 1.85. The number of nitrogens with one attached hydrogen (secondary N) is 1. The fraction of sp³-hybridized carbons (Fsp3) is 0.762. The van der Waals surface area contributed by atoms with Gasteiger partial charge in [-0.15, -0.1) is 0 Å². The Kier molecular flexibility index (Phi) is 6.06. The lowest BCUT2D eigenvalue weighted by Crippen LogP contribution is -2.47. The Bertz CT molecular complexity index is 734. The molecule has 1 unspecified atom stereocenters. The van der Waals surface area contributed by atoms with Crippen LogP contribution in [0.1, 0.15) is 46.2 Å². The van der Waals surface area contributed by atoms with Crippen LogP contribution >= 0.6 is 0 Å². The van der Waals surface area contributed by atoms with E-state index in [1.54, 1.807) is 14.2 Å². The summed E-state index contributed by atoms with van der Waals surface area (Å²) in [5.41, 5.74) is 0.930. The molecule has 4 atom stereocenters. The van der Waals surface area contributed by atoms with Crippen LogP contribution in [-0.4, -0.2) is 58.2 Å². The third-order valence-electron chi connectivity index (χ3n) is 6.31. The molecule has 8 heteroatoms. The summed E-state index contributed by atoms with van der Waals surface area (Å²) in [5, 5.41) is 3.82. The van der Waals surface area contributed by atoms with E-state index in [0.717, 1.165) is 5.56 Å². The maximum absolute atomic E-state index is 6.51. The van der Waals surface area contributed by atoms with Gasteiger partial charge in [-0.05, 0) is 38.0 Å². The van der Waals surface area contributed by atoms with E-state index in [9.17, 15) is 0 Å². The summed E-state index contributed by atoms with van der Waals surface area (Å²) in [4.78, 5) is 4.44. The van der Waals surface area contributed by atoms with E-state index < -0.39 is 14.1 Å². The van der Waals surface area contributed by atoms with Crippen LogP contribution in [0.25, 0.3) is 0 Å². The fourth-order valence-corrected chi connectivity index (χ4v) is 4.71. The molecule has 164 valence electrons. The zero-order chi connectivity index (χ0) is 21.6. The van der Waals surface area contributed by atoms with Crippen LogP contribution in [0.15, 0.2) is 12.1 Å². The molecule has 7 nitrogen and oxygen atoms in total. The SMILES string of the molecule is COc1ccc(C2N[C@H](CO[Si](C)(C)C(C)(C)C)[C@H]3OC(C)(C)O[C@@H]23)c(OC)n1. The van der Waals surface area contributed by atoms with Gasteiger partial charge < -0.3 is 28.7 Å². The molecule has 2 fully saturated rings. The van der Waals surface area contributed by atoms with Gasteiger partial charge in [0.15, 0.2) is 14.1 Å². The molecule has 2 aliphatic heterocycles. The molecule has 1 aromatic rings. The van der Waals surface area contributed by atoms with E-state index in [0.29, 0.717) is 18.4 Å². The topological polar surface area (TPSA) is 71.1 Å². The lowest BCUT2D eigenvalue weighted by atomic mass is 10.0. The van der Waals surface area contributed by atoms with Gasteiger partial charge in [-0.2, -0.15) is 4.98 Å². The third-order valence-corrected chi connectivity index (χ3v) is 10.8. The van der Waals surface area contributed by atoms with E-state index in [-0.39, 0.29) is 29.3 Å². The van der Waals surface area contributed by atoms with Crippen LogP contribution in [-0.2, 0) is 13.9 Å². The third kappa shape index (κ3) is 4.46. The van der Waals surface area contributed by atoms with Crippen molar-refractivity contribution in [2.24, 2.45) is 0 Å². The number of aromatic nitrogens is 1. The first kappa shape index (κ1) is 22.5. The molecule has 0 amide bonds. The number of nitrogens with zero attached hydrogens (tertiary/aromatic N) is 1. The van der Waals surface area contributed by atoms with Crippen LogP contribution in [0.4, 0.5) is 0 Å². The molecule has 1 aromatic heterocycles. The molecule has 0 aliphatic carbocycles. The minimum absolute atomic E-state index is 0.0210. The summed E-state index contributed by atoms with van der Waals surface area (Å²) in [7, 11) is 1.34. The van der Waals surface area contributed by atoms with Crippen molar-refractivity contribution < 1.29 is 23.4 Å². The number of methoxy groups -OCH3 is 2. The lowest BCUT2D eigenvalue weighted by Gasteiger charge is -2.37. The predicted molar refractivity (Wildman–Crippen MR) is 114 cm³/mol. The van der Waals surface area contributed by atoms with E-state index >= 15 is 0 Å². The van der Waals surface area contributed by atoms with Crippen molar-refractivity contribution in [1.82, 2.24) is 10.3 Å².